The van der Waals surface area contributed by atoms with Crippen LogP contribution in [0.2, 0.25) is 0 Å². The van der Waals surface area contributed by atoms with Gasteiger partial charge in [-0.2, -0.15) is 0 Å². The fourth-order valence-corrected chi connectivity index (χ4v) is 3.05. The fourth-order valence-electron chi connectivity index (χ4n) is 3.05. The number of halogens is 2. The predicted octanol–water partition coefficient (Wildman–Crippen LogP) is 5.67. The van der Waals surface area contributed by atoms with Crippen molar-refractivity contribution < 1.29 is 8.78 Å². The van der Waals surface area contributed by atoms with E-state index in [2.05, 4.69) is 19.1 Å². The average molecular weight is 278 g/mol. The van der Waals surface area contributed by atoms with E-state index in [-0.39, 0.29) is 0 Å². The predicted molar refractivity (Wildman–Crippen MR) is 79.6 cm³/mol. The van der Waals surface area contributed by atoms with Crippen molar-refractivity contribution in [3.8, 4) is 0 Å². The zero-order chi connectivity index (χ0) is 14.4. The lowest BCUT2D eigenvalue weighted by Crippen LogP contribution is -2.13. The molecule has 1 saturated carbocycles. The van der Waals surface area contributed by atoms with E-state index in [0.717, 1.165) is 23.8 Å². The molecule has 0 aliphatic heterocycles. The van der Waals surface area contributed by atoms with Gasteiger partial charge in [-0.3, -0.25) is 0 Å². The molecule has 1 aliphatic carbocycles. The molecular formula is C18H24F2. The van der Waals surface area contributed by atoms with Crippen LogP contribution in [0, 0.1) is 23.5 Å². The van der Waals surface area contributed by atoms with Crippen molar-refractivity contribution in [2.75, 3.05) is 0 Å². The highest BCUT2D eigenvalue weighted by molar-refractivity contribution is 5.20. The quantitative estimate of drug-likeness (QED) is 0.609. The van der Waals surface area contributed by atoms with Crippen LogP contribution >= 0.6 is 0 Å². The molecule has 20 heavy (non-hydrogen) atoms. The van der Waals surface area contributed by atoms with Gasteiger partial charge < -0.3 is 0 Å². The second-order valence-electron chi connectivity index (χ2n) is 5.95. The molecule has 0 atom stereocenters. The van der Waals surface area contributed by atoms with E-state index in [1.54, 1.807) is 6.07 Å². The second-order valence-corrected chi connectivity index (χ2v) is 5.95. The van der Waals surface area contributed by atoms with Gasteiger partial charge in [-0.15, -0.1) is 0 Å². The van der Waals surface area contributed by atoms with Crippen LogP contribution in [0.3, 0.4) is 0 Å². The van der Waals surface area contributed by atoms with Gasteiger partial charge in [-0.05, 0) is 55.2 Å². The maximum atomic E-state index is 13.1. The molecule has 2 rings (SSSR count). The molecule has 0 amide bonds. The molecule has 0 aromatic heterocycles. The Hall–Kier alpha value is -1.18. The molecular weight excluding hydrogens is 254 g/mol. The molecule has 0 N–H and O–H groups in total. The lowest BCUT2D eigenvalue weighted by molar-refractivity contribution is 0.271. The Bertz CT molecular complexity index is 443. The number of rotatable bonds is 5. The van der Waals surface area contributed by atoms with E-state index < -0.39 is 11.6 Å². The van der Waals surface area contributed by atoms with Crippen LogP contribution in [0.1, 0.15) is 51.0 Å². The number of hydrogen-bond acceptors (Lipinski definition) is 0. The molecule has 0 bridgehead atoms. The highest BCUT2D eigenvalue weighted by Crippen LogP contribution is 2.32. The van der Waals surface area contributed by atoms with Crippen molar-refractivity contribution >= 4 is 0 Å². The van der Waals surface area contributed by atoms with Gasteiger partial charge in [0, 0.05) is 0 Å². The Labute approximate surface area is 120 Å². The zero-order valence-electron chi connectivity index (χ0n) is 12.2. The Morgan fingerprint density at radius 3 is 2.35 bits per heavy atom. The first-order valence-electron chi connectivity index (χ1n) is 7.78. The molecule has 0 radical (unpaired) electrons. The molecule has 0 spiro atoms. The summed E-state index contributed by atoms with van der Waals surface area (Å²) in [5, 5.41) is 0. The van der Waals surface area contributed by atoms with Crippen molar-refractivity contribution in [1.82, 2.24) is 0 Å². The largest absolute Gasteiger partial charge is 0.204 e. The van der Waals surface area contributed by atoms with Gasteiger partial charge in [0.15, 0.2) is 11.6 Å². The minimum Gasteiger partial charge on any atom is -0.204 e. The molecule has 0 saturated heterocycles. The number of benzene rings is 1. The van der Waals surface area contributed by atoms with E-state index in [1.807, 2.05) is 0 Å². The minimum atomic E-state index is -0.773. The highest BCUT2D eigenvalue weighted by Gasteiger charge is 2.18. The monoisotopic (exact) mass is 278 g/mol. The van der Waals surface area contributed by atoms with E-state index >= 15 is 0 Å². The van der Waals surface area contributed by atoms with Gasteiger partial charge >= 0.3 is 0 Å². The summed E-state index contributed by atoms with van der Waals surface area (Å²) in [5.74, 6) is 0.232. The van der Waals surface area contributed by atoms with Gasteiger partial charge in [-0.1, -0.05) is 44.4 Å². The van der Waals surface area contributed by atoms with E-state index in [0.29, 0.717) is 6.42 Å². The van der Waals surface area contributed by atoms with Gasteiger partial charge in [0.05, 0.1) is 0 Å². The van der Waals surface area contributed by atoms with Crippen molar-refractivity contribution in [2.24, 2.45) is 11.8 Å². The molecule has 0 unspecified atom stereocenters. The Morgan fingerprint density at radius 2 is 1.70 bits per heavy atom. The SMILES string of the molecule is CCC1CCC(C/C=C\Cc2ccc(F)c(F)c2)CC1. The molecule has 1 fully saturated rings. The molecule has 0 heterocycles. The third-order valence-electron chi connectivity index (χ3n) is 4.52. The molecule has 2 heteroatoms. The lowest BCUT2D eigenvalue weighted by atomic mass is 9.79. The maximum absolute atomic E-state index is 13.1. The average Bonchev–Trinajstić information content (AvgIpc) is 2.48. The van der Waals surface area contributed by atoms with Crippen LogP contribution in [0.5, 0.6) is 0 Å². The smallest absolute Gasteiger partial charge is 0.159 e. The normalized spacial score (nSPS) is 23.4. The third-order valence-corrected chi connectivity index (χ3v) is 4.52. The van der Waals surface area contributed by atoms with Crippen molar-refractivity contribution in [3.05, 3.63) is 47.5 Å². The number of allylic oxidation sites excluding steroid dienone is 2. The van der Waals surface area contributed by atoms with Crippen molar-refractivity contribution in [3.63, 3.8) is 0 Å². The van der Waals surface area contributed by atoms with E-state index in [1.165, 1.54) is 44.2 Å². The Morgan fingerprint density at radius 1 is 1.00 bits per heavy atom. The summed E-state index contributed by atoms with van der Waals surface area (Å²) in [6, 6.07) is 4.13. The van der Waals surface area contributed by atoms with Crippen LogP contribution < -0.4 is 0 Å². The Kier molecular flexibility index (Phi) is 5.75. The maximum Gasteiger partial charge on any atom is 0.159 e. The topological polar surface area (TPSA) is 0 Å². The zero-order valence-corrected chi connectivity index (χ0v) is 12.2. The minimum absolute atomic E-state index is 0.682. The summed E-state index contributed by atoms with van der Waals surface area (Å²) < 4.78 is 25.8. The lowest BCUT2D eigenvalue weighted by Gasteiger charge is -2.26. The van der Waals surface area contributed by atoms with Gasteiger partial charge in [-0.25, -0.2) is 8.78 Å². The van der Waals surface area contributed by atoms with Crippen LogP contribution in [0.25, 0.3) is 0 Å². The fraction of sp³-hybridized carbons (Fsp3) is 0.556. The first-order chi connectivity index (χ1) is 9.69. The van der Waals surface area contributed by atoms with E-state index in [9.17, 15) is 8.78 Å². The Balaban J connectivity index is 1.73. The first kappa shape index (κ1) is 15.2. The van der Waals surface area contributed by atoms with Gasteiger partial charge in [0.25, 0.3) is 0 Å². The molecule has 110 valence electrons. The van der Waals surface area contributed by atoms with Crippen molar-refractivity contribution in [2.45, 2.75) is 51.9 Å². The van der Waals surface area contributed by atoms with Crippen LogP contribution in [-0.2, 0) is 6.42 Å². The molecule has 1 aromatic rings. The summed E-state index contributed by atoms with van der Waals surface area (Å²) >= 11 is 0. The standard InChI is InChI=1S/C18H24F2/c1-2-14-7-9-15(10-8-14)5-3-4-6-16-11-12-17(19)18(20)13-16/h3-4,11-15H,2,5-10H2,1H3/b4-3-. The first-order valence-corrected chi connectivity index (χ1v) is 7.78. The van der Waals surface area contributed by atoms with Crippen LogP contribution in [0.15, 0.2) is 30.4 Å². The summed E-state index contributed by atoms with van der Waals surface area (Å²) in [6.45, 7) is 2.28. The summed E-state index contributed by atoms with van der Waals surface area (Å²) in [6.07, 6.45) is 12.8. The molecule has 1 aromatic carbocycles. The third kappa shape index (κ3) is 4.43. The summed E-state index contributed by atoms with van der Waals surface area (Å²) in [5.41, 5.74) is 0.829. The van der Waals surface area contributed by atoms with Crippen molar-refractivity contribution in [1.29, 1.82) is 0 Å². The highest BCUT2D eigenvalue weighted by atomic mass is 19.2. The number of hydrogen-bond donors (Lipinski definition) is 0. The summed E-state index contributed by atoms with van der Waals surface area (Å²) in [4.78, 5) is 0. The summed E-state index contributed by atoms with van der Waals surface area (Å²) in [7, 11) is 0. The molecule has 0 nitrogen and oxygen atoms in total. The second kappa shape index (κ2) is 7.56. The van der Waals surface area contributed by atoms with Crippen LogP contribution in [0.4, 0.5) is 8.78 Å². The van der Waals surface area contributed by atoms with Gasteiger partial charge in [0.2, 0.25) is 0 Å². The van der Waals surface area contributed by atoms with Gasteiger partial charge in [0.1, 0.15) is 0 Å². The van der Waals surface area contributed by atoms with Crippen LogP contribution in [-0.4, -0.2) is 0 Å². The molecule has 1 aliphatic rings. The van der Waals surface area contributed by atoms with E-state index in [4.69, 9.17) is 0 Å².